The average molecular weight is 1500 g/mol. The highest BCUT2D eigenvalue weighted by Crippen LogP contribution is 2.17. The number of carbonyl (C=O) groups excluding carboxylic acids is 1. The van der Waals surface area contributed by atoms with Crippen LogP contribution in [0.1, 0.15) is 63.5 Å². The molecule has 0 saturated carbocycles. The fourth-order valence-electron chi connectivity index (χ4n) is 6.67. The van der Waals surface area contributed by atoms with E-state index < -0.39 is 5.82 Å². The largest absolute Gasteiger partial charge is 0.386 e. The molecule has 0 spiro atoms. The molecule has 7 aromatic carbocycles. The molecule has 0 aliphatic heterocycles. The molecule has 0 aliphatic rings. The van der Waals surface area contributed by atoms with Gasteiger partial charge in [0.25, 0.3) is 5.56 Å². The lowest BCUT2D eigenvalue weighted by Crippen LogP contribution is -2.15. The summed E-state index contributed by atoms with van der Waals surface area (Å²) in [4.78, 5) is 48.1. The number of aromatic nitrogens is 3. The van der Waals surface area contributed by atoms with E-state index in [1.165, 1.54) is 55.4 Å². The van der Waals surface area contributed by atoms with Gasteiger partial charge in [0.1, 0.15) is 52.3 Å². The van der Waals surface area contributed by atoms with Gasteiger partial charge in [-0.25, -0.2) is 14.2 Å². The first-order chi connectivity index (χ1) is 47.6. The van der Waals surface area contributed by atoms with Crippen molar-refractivity contribution >= 4 is 152 Å². The van der Waals surface area contributed by atoms with E-state index in [1.807, 2.05) is 110 Å². The number of amidine groups is 5. The van der Waals surface area contributed by atoms with Crippen molar-refractivity contribution in [3.63, 3.8) is 0 Å². The Kier molecular flexibility index (Phi) is 42.2. The second kappa shape index (κ2) is 49.5. The van der Waals surface area contributed by atoms with Crippen molar-refractivity contribution in [2.75, 3.05) is 44.7 Å². The molecule has 522 valence electrons. The van der Waals surface area contributed by atoms with Gasteiger partial charge in [-0.3, -0.25) is 71.6 Å². The number of H-pyrrole nitrogens is 1. The Hall–Kier alpha value is -11.0. The number of halogens is 7. The molecule has 0 amide bonds. The van der Waals surface area contributed by atoms with Gasteiger partial charge in [-0.05, 0) is 80.4 Å². The molecular formula is C69H75BrCl4F2N22O2. The zero-order valence-corrected chi connectivity index (χ0v) is 59.1. The van der Waals surface area contributed by atoms with Gasteiger partial charge in [0.2, 0.25) is 5.95 Å². The van der Waals surface area contributed by atoms with Crippen LogP contribution in [0.15, 0.2) is 208 Å². The Balaban J connectivity index is 0.000000398. The zero-order chi connectivity index (χ0) is 74.2. The number of aryl methyl sites for hydroxylation is 2. The summed E-state index contributed by atoms with van der Waals surface area (Å²) >= 11 is 26.9. The summed E-state index contributed by atoms with van der Waals surface area (Å²) in [6.07, 6.45) is 11.2. The molecule has 8 rings (SSSR count). The molecule has 24 nitrogen and oxygen atoms in total. The zero-order valence-electron chi connectivity index (χ0n) is 54.5. The second-order valence-corrected chi connectivity index (χ2v) is 22.5. The van der Waals surface area contributed by atoms with Crippen molar-refractivity contribution in [3.05, 3.63) is 261 Å². The molecule has 0 fully saturated rings. The van der Waals surface area contributed by atoms with Crippen LogP contribution in [0, 0.1) is 57.9 Å². The molecular weight excluding hydrogens is 1430 g/mol. The number of aromatic amines is 1. The van der Waals surface area contributed by atoms with Crippen LogP contribution in [-0.4, -0.2) is 139 Å². The summed E-state index contributed by atoms with van der Waals surface area (Å²) in [5, 5.41) is 55.6. The number of carbonyl (C=O) groups is 1. The van der Waals surface area contributed by atoms with Crippen molar-refractivity contribution in [2.24, 2.45) is 63.7 Å². The first kappa shape index (κ1) is 85.1. The van der Waals surface area contributed by atoms with E-state index in [4.69, 9.17) is 108 Å². The minimum Gasteiger partial charge on any atom is -0.386 e. The number of nitrogens with two attached hydrogens (primary N) is 5. The van der Waals surface area contributed by atoms with E-state index >= 15 is 0 Å². The Bertz CT molecular complexity index is 4010. The van der Waals surface area contributed by atoms with Gasteiger partial charge in [-0.2, -0.15) is 5.10 Å². The molecule has 0 radical (unpaired) electrons. The van der Waals surface area contributed by atoms with Crippen LogP contribution in [0.4, 0.5) is 14.7 Å². The monoisotopic (exact) mass is 1500 g/mol. The van der Waals surface area contributed by atoms with E-state index in [9.17, 15) is 18.4 Å². The van der Waals surface area contributed by atoms with Gasteiger partial charge in [0.05, 0.1) is 50.5 Å². The van der Waals surface area contributed by atoms with Gasteiger partial charge in [-0.15, -0.1) is 10.2 Å². The van der Waals surface area contributed by atoms with Gasteiger partial charge < -0.3 is 34.1 Å². The van der Waals surface area contributed by atoms with Gasteiger partial charge >= 0.3 is 0 Å². The lowest BCUT2D eigenvalue weighted by Gasteiger charge is -1.99. The summed E-state index contributed by atoms with van der Waals surface area (Å²) in [5.74, 6) is -0.413. The third-order valence-electron chi connectivity index (χ3n) is 11.3. The Labute approximate surface area is 606 Å². The van der Waals surface area contributed by atoms with Crippen molar-refractivity contribution < 1.29 is 13.6 Å². The smallest absolute Gasteiger partial charge is 0.274 e. The molecule has 0 bridgehead atoms. The van der Waals surface area contributed by atoms with Gasteiger partial charge in [0.15, 0.2) is 0 Å². The normalized spacial score (nSPS) is 10.6. The molecule has 18 N–H and O–H groups in total. The molecule has 0 saturated heterocycles. The number of hydrogen-bond acceptors (Lipinski definition) is 18. The number of rotatable bonds is 23. The van der Waals surface area contributed by atoms with E-state index in [-0.39, 0.29) is 103 Å². The van der Waals surface area contributed by atoms with E-state index in [0.717, 1.165) is 32.3 Å². The minimum absolute atomic E-state index is 0.0158. The quantitative estimate of drug-likeness (QED) is 0.0163. The van der Waals surface area contributed by atoms with Crippen LogP contribution in [0.2, 0.25) is 20.1 Å². The standard InChI is InChI=1S/C12H13ClN2O.C11H10ClN5O.C10H13N3.C9H10BrN3.C9H9ClFN3.C9H10ClN3.C9H10FN3/c1-9(16)6-11(14)8-15-7-10-4-2-3-5-12(10)13;1-7-10(18)14-11(17-15-7)16-13-6-8-4-2-3-5-9(8)12;1-8-4-2-3-5-9(8)6-13-7-10(11)12;10-8-4-2-1-3-7(8)5-13-6-9(11)12;10-8-3-7(11)2-1-6(8)4-14-5-9(12)13;2*10-8-4-2-1-3-7(8)5-13-6-9(11)12/h2-5,7,14H,6,8H2,1H3;2-6H,1H3,(H2,14,16,17,18);2-6H,7H2,1H3,(H3,11,12);1-5H,6H2,(H3,11,12);1-4H,5H2,(H3,12,13);2*1-5H,6H2,(H3,11,12)/b;13-6+;;;;;. The number of hydrazone groups is 1. The summed E-state index contributed by atoms with van der Waals surface area (Å²) in [6, 6.07) is 48.0. The molecule has 0 unspecified atom stereocenters. The van der Waals surface area contributed by atoms with Crippen LogP contribution in [-0.2, 0) is 4.79 Å². The fourth-order valence-corrected chi connectivity index (χ4v) is 7.82. The third-order valence-corrected chi connectivity index (χ3v) is 13.4. The first-order valence-electron chi connectivity index (χ1n) is 29.3. The number of Topliss-reactive ketones (excluding diaryl/α,β-unsaturated/α-hetero) is 1. The Morgan fingerprint density at radius 2 is 0.840 bits per heavy atom. The van der Waals surface area contributed by atoms with Gasteiger partial charge in [0, 0.05) is 102 Å². The topological polar surface area (TPSA) is 447 Å². The molecule has 0 aliphatic carbocycles. The van der Waals surface area contributed by atoms with Crippen molar-refractivity contribution in [2.45, 2.75) is 27.2 Å². The molecule has 8 aromatic rings. The maximum atomic E-state index is 12.9. The Morgan fingerprint density at radius 3 is 1.25 bits per heavy atom. The minimum atomic E-state index is -0.390. The average Bonchev–Trinajstić information content (AvgIpc) is 1.16. The number of aliphatic imine (C=N–C) groups is 6. The molecule has 31 heteroatoms. The number of benzene rings is 7. The number of anilines is 1. The molecule has 0 atom stereocenters. The fraction of sp³-hybridized carbons (Fsp3) is 0.145. The van der Waals surface area contributed by atoms with Crippen LogP contribution in [0.5, 0.6) is 0 Å². The van der Waals surface area contributed by atoms with E-state index in [0.29, 0.717) is 37.6 Å². The summed E-state index contributed by atoms with van der Waals surface area (Å²) < 4.78 is 26.5. The van der Waals surface area contributed by atoms with Crippen molar-refractivity contribution in [1.29, 1.82) is 32.5 Å². The number of ketones is 1. The van der Waals surface area contributed by atoms with E-state index in [2.05, 4.69) is 71.6 Å². The Morgan fingerprint density at radius 1 is 0.480 bits per heavy atom. The highest BCUT2D eigenvalue weighted by molar-refractivity contribution is 9.10. The van der Waals surface area contributed by atoms with Gasteiger partial charge in [-0.1, -0.05) is 178 Å². The maximum absolute atomic E-state index is 12.9. The summed E-state index contributed by atoms with van der Waals surface area (Å²) in [6.45, 7) is 6.26. The number of nitrogens with zero attached hydrogens (tertiary/aromatic N) is 9. The third kappa shape index (κ3) is 39.9. The summed E-state index contributed by atoms with van der Waals surface area (Å²) in [5.41, 5.74) is 35.2. The number of nitrogens with one attached hydrogen (secondary N) is 8. The molecule has 100 heavy (non-hydrogen) atoms. The summed E-state index contributed by atoms with van der Waals surface area (Å²) in [7, 11) is 0. The van der Waals surface area contributed by atoms with Crippen LogP contribution < -0.4 is 39.7 Å². The van der Waals surface area contributed by atoms with Crippen molar-refractivity contribution in [3.8, 4) is 0 Å². The lowest BCUT2D eigenvalue weighted by atomic mass is 10.1. The SMILES string of the molecule is CC(=O)CC(=N)CN=Cc1ccccc1Cl.Cc1ccccc1C=NCC(=N)N.Cc1nnc(N/N=C/c2ccccc2Cl)[nH]c1=O.N=C(N)CN=Cc1ccc(F)cc1Cl.N=C(N)CN=Cc1ccccc1Br.N=C(N)CN=Cc1ccccc1Cl.N=C(N)CN=Cc1ccccc1F. The lowest BCUT2D eigenvalue weighted by molar-refractivity contribution is -0.115. The first-order valence-corrected chi connectivity index (χ1v) is 31.6. The highest BCUT2D eigenvalue weighted by atomic mass is 79.9. The highest BCUT2D eigenvalue weighted by Gasteiger charge is 2.03. The predicted molar refractivity (Wildman–Crippen MR) is 413 cm³/mol. The molecule has 1 aromatic heterocycles. The van der Waals surface area contributed by atoms with Crippen LogP contribution in [0.3, 0.4) is 0 Å². The second-order valence-electron chi connectivity index (χ2n) is 20.0. The van der Waals surface area contributed by atoms with E-state index in [1.54, 1.807) is 68.2 Å². The number of hydrogen-bond donors (Lipinski definition) is 13. The predicted octanol–water partition coefficient (Wildman–Crippen LogP) is 12.2. The van der Waals surface area contributed by atoms with Crippen molar-refractivity contribution in [1.82, 2.24) is 15.2 Å². The van der Waals surface area contributed by atoms with Crippen LogP contribution >= 0.6 is 62.3 Å². The molecule has 1 heterocycles. The van der Waals surface area contributed by atoms with Crippen LogP contribution in [0.25, 0.3) is 0 Å². The maximum Gasteiger partial charge on any atom is 0.274 e.